The number of hydrogen-bond acceptors (Lipinski definition) is 3. The second kappa shape index (κ2) is 7.30. The van der Waals surface area contributed by atoms with Crippen LogP contribution < -0.4 is 10.1 Å². The van der Waals surface area contributed by atoms with Gasteiger partial charge in [0.15, 0.2) is 0 Å². The standard InChI is InChI=1S/C16H27ClN2O/c1-7-18-15(16(2,3)19(4)5)11-12-10-13(17)8-9-14(12)20-6/h8-10,15,18H,7,11H2,1-6H3. The molecule has 0 spiro atoms. The highest BCUT2D eigenvalue weighted by atomic mass is 35.5. The third-order valence-corrected chi connectivity index (χ3v) is 4.36. The molecule has 0 fully saturated rings. The molecule has 0 aliphatic carbocycles. The number of nitrogens with one attached hydrogen (secondary N) is 1. The van der Waals surface area contributed by atoms with Crippen molar-refractivity contribution >= 4 is 11.6 Å². The summed E-state index contributed by atoms with van der Waals surface area (Å²) in [5, 5.41) is 4.33. The molecule has 1 atom stereocenters. The van der Waals surface area contributed by atoms with E-state index in [4.69, 9.17) is 16.3 Å². The van der Waals surface area contributed by atoms with E-state index >= 15 is 0 Å². The van der Waals surface area contributed by atoms with Gasteiger partial charge in [0.1, 0.15) is 5.75 Å². The minimum atomic E-state index is 0.0311. The lowest BCUT2D eigenvalue weighted by Gasteiger charge is -2.41. The van der Waals surface area contributed by atoms with Gasteiger partial charge in [-0.25, -0.2) is 0 Å². The zero-order valence-corrected chi connectivity index (χ0v) is 14.2. The molecule has 1 aromatic rings. The molecule has 0 bridgehead atoms. The van der Waals surface area contributed by atoms with Crippen LogP contribution in [0.5, 0.6) is 5.75 Å². The summed E-state index contributed by atoms with van der Waals surface area (Å²) in [5.74, 6) is 0.895. The molecule has 3 nitrogen and oxygen atoms in total. The predicted octanol–water partition coefficient (Wildman–Crippen LogP) is 3.21. The van der Waals surface area contributed by atoms with Crippen LogP contribution in [-0.4, -0.2) is 44.2 Å². The van der Waals surface area contributed by atoms with Gasteiger partial charge in [-0.3, -0.25) is 0 Å². The van der Waals surface area contributed by atoms with Crippen molar-refractivity contribution in [1.82, 2.24) is 10.2 Å². The lowest BCUT2D eigenvalue weighted by molar-refractivity contribution is 0.137. The smallest absolute Gasteiger partial charge is 0.122 e. The highest BCUT2D eigenvalue weighted by Crippen LogP contribution is 2.27. The van der Waals surface area contributed by atoms with E-state index in [2.05, 4.69) is 45.1 Å². The zero-order chi connectivity index (χ0) is 15.3. The maximum absolute atomic E-state index is 6.12. The largest absolute Gasteiger partial charge is 0.496 e. The molecule has 0 saturated carbocycles. The molecule has 4 heteroatoms. The number of benzene rings is 1. The van der Waals surface area contributed by atoms with E-state index in [1.165, 1.54) is 0 Å². The fourth-order valence-corrected chi connectivity index (χ4v) is 2.45. The first-order valence-corrected chi connectivity index (χ1v) is 7.44. The molecule has 1 N–H and O–H groups in total. The van der Waals surface area contributed by atoms with Crippen LogP contribution in [0.15, 0.2) is 18.2 Å². The van der Waals surface area contributed by atoms with E-state index in [9.17, 15) is 0 Å². The Kier molecular flexibility index (Phi) is 6.31. The van der Waals surface area contributed by atoms with Crippen LogP contribution in [0, 0.1) is 0 Å². The second-order valence-electron chi connectivity index (χ2n) is 5.82. The van der Waals surface area contributed by atoms with E-state index < -0.39 is 0 Å². The summed E-state index contributed by atoms with van der Waals surface area (Å²) in [5.41, 5.74) is 1.17. The highest BCUT2D eigenvalue weighted by Gasteiger charge is 2.31. The van der Waals surface area contributed by atoms with Crippen molar-refractivity contribution in [2.24, 2.45) is 0 Å². The Labute approximate surface area is 128 Å². The van der Waals surface area contributed by atoms with Crippen molar-refractivity contribution < 1.29 is 4.74 Å². The Hall–Kier alpha value is -0.770. The van der Waals surface area contributed by atoms with Crippen molar-refractivity contribution in [1.29, 1.82) is 0 Å². The first-order valence-electron chi connectivity index (χ1n) is 7.06. The molecule has 0 amide bonds. The van der Waals surface area contributed by atoms with E-state index in [1.54, 1.807) is 7.11 Å². The summed E-state index contributed by atoms with van der Waals surface area (Å²) in [6, 6.07) is 6.11. The van der Waals surface area contributed by atoms with E-state index in [0.717, 1.165) is 29.3 Å². The number of methoxy groups -OCH3 is 1. The Morgan fingerprint density at radius 1 is 1.35 bits per heavy atom. The third-order valence-electron chi connectivity index (χ3n) is 4.12. The minimum absolute atomic E-state index is 0.0311. The van der Waals surface area contributed by atoms with Gasteiger partial charge in [0.2, 0.25) is 0 Å². The predicted molar refractivity (Wildman–Crippen MR) is 86.9 cm³/mol. The van der Waals surface area contributed by atoms with E-state index in [0.29, 0.717) is 6.04 Å². The zero-order valence-electron chi connectivity index (χ0n) is 13.5. The van der Waals surface area contributed by atoms with Crippen LogP contribution in [0.25, 0.3) is 0 Å². The van der Waals surface area contributed by atoms with Crippen molar-refractivity contribution in [2.75, 3.05) is 27.7 Å². The number of halogens is 1. The van der Waals surface area contributed by atoms with Crippen LogP contribution in [0.2, 0.25) is 5.02 Å². The lowest BCUT2D eigenvalue weighted by atomic mass is 9.87. The first kappa shape index (κ1) is 17.3. The molecule has 114 valence electrons. The average Bonchev–Trinajstić information content (AvgIpc) is 2.38. The Bertz CT molecular complexity index is 432. The van der Waals surface area contributed by atoms with Crippen LogP contribution in [0.4, 0.5) is 0 Å². The van der Waals surface area contributed by atoms with Crippen molar-refractivity contribution in [2.45, 2.75) is 38.8 Å². The molecule has 0 aromatic heterocycles. The van der Waals surface area contributed by atoms with Crippen LogP contribution in [0.1, 0.15) is 26.3 Å². The van der Waals surface area contributed by atoms with Gasteiger partial charge in [-0.1, -0.05) is 18.5 Å². The quantitative estimate of drug-likeness (QED) is 0.836. The number of nitrogens with zero attached hydrogens (tertiary/aromatic N) is 1. The molecule has 0 heterocycles. The molecule has 1 aromatic carbocycles. The highest BCUT2D eigenvalue weighted by molar-refractivity contribution is 6.30. The van der Waals surface area contributed by atoms with Gasteiger partial charge in [0.05, 0.1) is 7.11 Å². The van der Waals surface area contributed by atoms with E-state index in [-0.39, 0.29) is 5.54 Å². The average molecular weight is 299 g/mol. The molecular formula is C16H27ClN2O. The van der Waals surface area contributed by atoms with Crippen LogP contribution in [-0.2, 0) is 6.42 Å². The number of likely N-dealkylation sites (N-methyl/N-ethyl adjacent to an activating group) is 2. The molecule has 0 radical (unpaired) electrons. The normalized spacial score (nSPS) is 13.6. The summed E-state index contributed by atoms with van der Waals surface area (Å²) in [6.45, 7) is 7.56. The summed E-state index contributed by atoms with van der Waals surface area (Å²) in [7, 11) is 5.92. The fourth-order valence-electron chi connectivity index (χ4n) is 2.26. The maximum Gasteiger partial charge on any atom is 0.122 e. The SMILES string of the molecule is CCNC(Cc1cc(Cl)ccc1OC)C(C)(C)N(C)C. The van der Waals surface area contributed by atoms with Crippen molar-refractivity contribution in [3.63, 3.8) is 0 Å². The Morgan fingerprint density at radius 3 is 2.50 bits per heavy atom. The van der Waals surface area contributed by atoms with Crippen LogP contribution >= 0.6 is 11.6 Å². The van der Waals surface area contributed by atoms with Gasteiger partial charge in [-0.2, -0.15) is 0 Å². The third kappa shape index (κ3) is 4.11. The fraction of sp³-hybridized carbons (Fsp3) is 0.625. The van der Waals surface area contributed by atoms with Crippen molar-refractivity contribution in [3.8, 4) is 5.75 Å². The summed E-state index contributed by atoms with van der Waals surface area (Å²) in [4.78, 5) is 2.25. The molecule has 0 saturated heterocycles. The Morgan fingerprint density at radius 2 is 2.00 bits per heavy atom. The van der Waals surface area contributed by atoms with Gasteiger partial charge in [0.25, 0.3) is 0 Å². The lowest BCUT2D eigenvalue weighted by Crippen LogP contribution is -2.56. The monoisotopic (exact) mass is 298 g/mol. The number of hydrogen-bond donors (Lipinski definition) is 1. The molecule has 20 heavy (non-hydrogen) atoms. The topological polar surface area (TPSA) is 24.5 Å². The second-order valence-corrected chi connectivity index (χ2v) is 6.26. The Balaban J connectivity index is 3.04. The van der Waals surface area contributed by atoms with Gasteiger partial charge < -0.3 is 15.0 Å². The summed E-state index contributed by atoms with van der Waals surface area (Å²) < 4.78 is 5.45. The molecule has 0 aliphatic rings. The molecule has 1 rings (SSSR count). The molecule has 0 aliphatic heterocycles. The number of rotatable bonds is 7. The molecule has 1 unspecified atom stereocenters. The van der Waals surface area contributed by atoms with Gasteiger partial charge in [0, 0.05) is 16.6 Å². The van der Waals surface area contributed by atoms with Gasteiger partial charge in [-0.15, -0.1) is 0 Å². The number of ether oxygens (including phenoxy) is 1. The summed E-state index contributed by atoms with van der Waals surface area (Å²) >= 11 is 6.12. The first-order chi connectivity index (χ1) is 9.32. The minimum Gasteiger partial charge on any atom is -0.496 e. The summed E-state index contributed by atoms with van der Waals surface area (Å²) in [6.07, 6.45) is 0.878. The van der Waals surface area contributed by atoms with Crippen LogP contribution in [0.3, 0.4) is 0 Å². The van der Waals surface area contributed by atoms with Crippen molar-refractivity contribution in [3.05, 3.63) is 28.8 Å². The van der Waals surface area contributed by atoms with E-state index in [1.807, 2.05) is 18.2 Å². The van der Waals surface area contributed by atoms with Gasteiger partial charge >= 0.3 is 0 Å². The maximum atomic E-state index is 6.12. The van der Waals surface area contributed by atoms with Gasteiger partial charge in [-0.05, 0) is 64.7 Å². The molecular weight excluding hydrogens is 272 g/mol.